The smallest absolute Gasteiger partial charge is 0.300 e. The number of carbonyl (C=O) groups excluding carboxylic acids is 2. The number of amides is 1. The van der Waals surface area contributed by atoms with Crippen LogP contribution in [0.25, 0.3) is 16.7 Å². The van der Waals surface area contributed by atoms with E-state index < -0.39 is 23.5 Å². The van der Waals surface area contributed by atoms with Crippen molar-refractivity contribution in [3.63, 3.8) is 0 Å². The molecular formula is C25H16ClFN2O3. The van der Waals surface area contributed by atoms with Crippen molar-refractivity contribution in [1.82, 2.24) is 4.98 Å². The highest BCUT2D eigenvalue weighted by molar-refractivity contribution is 6.51. The van der Waals surface area contributed by atoms with Crippen molar-refractivity contribution < 1.29 is 19.1 Å². The molecule has 0 radical (unpaired) electrons. The molecule has 1 saturated heterocycles. The molecule has 5 nitrogen and oxygen atoms in total. The summed E-state index contributed by atoms with van der Waals surface area (Å²) in [4.78, 5) is 30.5. The van der Waals surface area contributed by atoms with Gasteiger partial charge in [-0.3, -0.25) is 14.5 Å². The number of halogens is 2. The number of fused-ring (bicyclic) bond motifs is 1. The number of aliphatic hydroxyl groups excluding tert-OH is 1. The number of hydrogen-bond donors (Lipinski definition) is 2. The van der Waals surface area contributed by atoms with Crippen LogP contribution in [-0.4, -0.2) is 21.8 Å². The summed E-state index contributed by atoms with van der Waals surface area (Å²) in [6.07, 6.45) is 1.56. The monoisotopic (exact) mass is 446 g/mol. The standard InChI is InChI=1S/C25H16ClFN2O3/c26-14-9-11-15(12-10-14)29-22(17-6-1-3-7-19(17)27)21(24(31)25(29)32)23(30)18-13-28-20-8-4-2-5-16(18)20/h1-13,22,28,30H/b23-21+. The fourth-order valence-electron chi connectivity index (χ4n) is 4.10. The van der Waals surface area contributed by atoms with Gasteiger partial charge < -0.3 is 10.1 Å². The molecule has 1 unspecified atom stereocenters. The van der Waals surface area contributed by atoms with Crippen molar-refractivity contribution in [3.05, 3.63) is 107 Å². The van der Waals surface area contributed by atoms with E-state index in [2.05, 4.69) is 4.98 Å². The Hall–Kier alpha value is -3.90. The zero-order valence-corrected chi connectivity index (χ0v) is 17.3. The van der Waals surface area contributed by atoms with E-state index in [1.165, 1.54) is 23.1 Å². The van der Waals surface area contributed by atoms with Gasteiger partial charge in [0.15, 0.2) is 0 Å². The van der Waals surface area contributed by atoms with Crippen LogP contribution in [0.1, 0.15) is 17.2 Å². The van der Waals surface area contributed by atoms with Gasteiger partial charge in [0.2, 0.25) is 0 Å². The third-order valence-corrected chi connectivity index (χ3v) is 5.85. The van der Waals surface area contributed by atoms with Crippen molar-refractivity contribution in [3.8, 4) is 0 Å². The van der Waals surface area contributed by atoms with Crippen LogP contribution in [0.5, 0.6) is 0 Å². The number of nitrogens with one attached hydrogen (secondary N) is 1. The SMILES string of the molecule is O=C1C(=O)N(c2ccc(Cl)cc2)C(c2ccccc2F)/C1=C(\O)c1c[nH]c2ccccc12. The molecule has 0 spiro atoms. The fraction of sp³-hybridized carbons (Fsp3) is 0.0400. The first-order valence-corrected chi connectivity index (χ1v) is 10.2. The van der Waals surface area contributed by atoms with Gasteiger partial charge >= 0.3 is 0 Å². The normalized spacial score (nSPS) is 17.9. The Kier molecular flexibility index (Phi) is 4.79. The number of aromatic amines is 1. The van der Waals surface area contributed by atoms with Crippen LogP contribution in [0.3, 0.4) is 0 Å². The molecule has 1 aliphatic heterocycles. The molecule has 2 N–H and O–H groups in total. The summed E-state index contributed by atoms with van der Waals surface area (Å²) < 4.78 is 14.9. The summed E-state index contributed by atoms with van der Waals surface area (Å²) in [6.45, 7) is 0. The molecule has 1 aromatic heterocycles. The molecule has 1 amide bonds. The Bertz CT molecular complexity index is 1410. The maximum atomic E-state index is 14.9. The second-order valence-corrected chi connectivity index (χ2v) is 7.85. The molecule has 158 valence electrons. The minimum absolute atomic E-state index is 0.100. The van der Waals surface area contributed by atoms with Gasteiger partial charge in [0.05, 0.1) is 11.6 Å². The third kappa shape index (κ3) is 3.08. The number of benzene rings is 3. The van der Waals surface area contributed by atoms with E-state index in [0.29, 0.717) is 21.7 Å². The van der Waals surface area contributed by atoms with Gasteiger partial charge in [0.1, 0.15) is 11.6 Å². The van der Waals surface area contributed by atoms with E-state index in [9.17, 15) is 19.1 Å². The molecule has 5 rings (SSSR count). The Labute approximate surface area is 187 Å². The Morgan fingerprint density at radius 3 is 2.41 bits per heavy atom. The number of carbonyl (C=O) groups is 2. The number of anilines is 1. The molecule has 1 aliphatic rings. The van der Waals surface area contributed by atoms with Crippen molar-refractivity contribution in [2.45, 2.75) is 6.04 Å². The summed E-state index contributed by atoms with van der Waals surface area (Å²) in [5.74, 6) is -2.72. The number of rotatable bonds is 3. The Morgan fingerprint density at radius 2 is 1.66 bits per heavy atom. The number of ketones is 1. The molecule has 0 aliphatic carbocycles. The van der Waals surface area contributed by atoms with Crippen molar-refractivity contribution >= 4 is 45.6 Å². The maximum Gasteiger partial charge on any atom is 0.300 e. The Balaban J connectivity index is 1.78. The average molecular weight is 447 g/mol. The lowest BCUT2D eigenvalue weighted by atomic mass is 9.94. The molecule has 7 heteroatoms. The fourth-order valence-corrected chi connectivity index (χ4v) is 4.23. The molecule has 3 aromatic carbocycles. The zero-order chi connectivity index (χ0) is 22.4. The lowest BCUT2D eigenvalue weighted by Gasteiger charge is -2.25. The number of nitrogens with zero attached hydrogens (tertiary/aromatic N) is 1. The maximum absolute atomic E-state index is 14.9. The first kappa shape index (κ1) is 20.0. The largest absolute Gasteiger partial charge is 0.507 e. The summed E-state index contributed by atoms with van der Waals surface area (Å²) in [7, 11) is 0. The number of H-pyrrole nitrogens is 1. The second kappa shape index (κ2) is 7.66. The highest BCUT2D eigenvalue weighted by Crippen LogP contribution is 2.43. The van der Waals surface area contributed by atoms with Crippen LogP contribution in [0.4, 0.5) is 10.1 Å². The zero-order valence-electron chi connectivity index (χ0n) is 16.5. The minimum Gasteiger partial charge on any atom is -0.507 e. The van der Waals surface area contributed by atoms with E-state index in [4.69, 9.17) is 11.6 Å². The summed E-state index contributed by atoms with van der Waals surface area (Å²) in [5, 5.41) is 12.4. The van der Waals surface area contributed by atoms with Crippen LogP contribution in [0.15, 0.2) is 84.6 Å². The van der Waals surface area contributed by atoms with Crippen LogP contribution in [-0.2, 0) is 9.59 Å². The van der Waals surface area contributed by atoms with Gasteiger partial charge in [-0.15, -0.1) is 0 Å². The van der Waals surface area contributed by atoms with Crippen molar-refractivity contribution in [1.29, 1.82) is 0 Å². The van der Waals surface area contributed by atoms with E-state index in [-0.39, 0.29) is 16.9 Å². The van der Waals surface area contributed by atoms with E-state index in [1.807, 2.05) is 12.1 Å². The summed E-state index contributed by atoms with van der Waals surface area (Å²) in [6, 6.07) is 18.3. The number of Topliss-reactive ketones (excluding diaryl/α,β-unsaturated/α-hetero) is 1. The molecule has 1 fully saturated rings. The van der Waals surface area contributed by atoms with Crippen molar-refractivity contribution in [2.75, 3.05) is 4.90 Å². The number of aliphatic hydroxyl groups is 1. The predicted molar refractivity (Wildman–Crippen MR) is 121 cm³/mol. The Morgan fingerprint density at radius 1 is 0.969 bits per heavy atom. The van der Waals surface area contributed by atoms with Crippen LogP contribution in [0, 0.1) is 5.82 Å². The lowest BCUT2D eigenvalue weighted by molar-refractivity contribution is -0.132. The van der Waals surface area contributed by atoms with Gasteiger partial charge in [-0.05, 0) is 36.4 Å². The molecule has 2 heterocycles. The number of para-hydroxylation sites is 1. The van der Waals surface area contributed by atoms with E-state index in [1.54, 1.807) is 48.7 Å². The molecule has 32 heavy (non-hydrogen) atoms. The molecule has 0 bridgehead atoms. The first-order chi connectivity index (χ1) is 15.5. The predicted octanol–water partition coefficient (Wildman–Crippen LogP) is 5.59. The van der Waals surface area contributed by atoms with Gasteiger partial charge in [-0.25, -0.2) is 4.39 Å². The second-order valence-electron chi connectivity index (χ2n) is 7.41. The van der Waals surface area contributed by atoms with Crippen molar-refractivity contribution in [2.24, 2.45) is 0 Å². The first-order valence-electron chi connectivity index (χ1n) is 9.85. The highest BCUT2D eigenvalue weighted by Gasteiger charge is 2.48. The van der Waals surface area contributed by atoms with E-state index >= 15 is 0 Å². The molecule has 0 saturated carbocycles. The van der Waals surface area contributed by atoms with Crippen LogP contribution < -0.4 is 4.90 Å². The number of hydrogen-bond acceptors (Lipinski definition) is 3. The lowest BCUT2D eigenvalue weighted by Crippen LogP contribution is -2.29. The van der Waals surface area contributed by atoms with Gasteiger partial charge in [0, 0.05) is 38.9 Å². The topological polar surface area (TPSA) is 73.4 Å². The molecular weight excluding hydrogens is 431 g/mol. The summed E-state index contributed by atoms with van der Waals surface area (Å²) in [5.41, 5.74) is 1.39. The minimum atomic E-state index is -1.15. The molecule has 1 atom stereocenters. The van der Waals surface area contributed by atoms with E-state index in [0.717, 1.165) is 5.52 Å². The molecule has 4 aromatic rings. The van der Waals surface area contributed by atoms with Crippen LogP contribution in [0.2, 0.25) is 5.02 Å². The quantitative estimate of drug-likeness (QED) is 0.245. The number of aromatic nitrogens is 1. The highest BCUT2D eigenvalue weighted by atomic mass is 35.5. The van der Waals surface area contributed by atoms with Crippen LogP contribution >= 0.6 is 11.6 Å². The van der Waals surface area contributed by atoms with Gasteiger partial charge in [-0.2, -0.15) is 0 Å². The van der Waals surface area contributed by atoms with Gasteiger partial charge in [0.25, 0.3) is 11.7 Å². The summed E-state index contributed by atoms with van der Waals surface area (Å²) >= 11 is 5.98. The van der Waals surface area contributed by atoms with Gasteiger partial charge in [-0.1, -0.05) is 48.0 Å². The average Bonchev–Trinajstić information content (AvgIpc) is 3.34. The third-order valence-electron chi connectivity index (χ3n) is 5.59.